The van der Waals surface area contributed by atoms with Gasteiger partial charge in [-0.05, 0) is 47.6 Å². The Kier molecular flexibility index (Phi) is 4.08. The number of hydrogen-bond donors (Lipinski definition) is 1. The van der Waals surface area contributed by atoms with Gasteiger partial charge in [-0.1, -0.05) is 6.92 Å². The molecule has 6 heteroatoms. The Balaban J connectivity index is 2.26. The summed E-state index contributed by atoms with van der Waals surface area (Å²) < 4.78 is 19.3. The van der Waals surface area contributed by atoms with E-state index >= 15 is 0 Å². The largest absolute Gasteiger partial charge is 0.419 e. The average molecular weight is 314 g/mol. The number of hydrogen-bond acceptors (Lipinski definition) is 4. The van der Waals surface area contributed by atoms with Gasteiger partial charge in [-0.3, -0.25) is 0 Å². The first-order chi connectivity index (χ1) is 8.61. The van der Waals surface area contributed by atoms with Crippen LogP contribution in [0.1, 0.15) is 25.8 Å². The summed E-state index contributed by atoms with van der Waals surface area (Å²) in [6.45, 7) is 4.74. The number of benzene rings is 1. The summed E-state index contributed by atoms with van der Waals surface area (Å²) in [6.07, 6.45) is 0. The molecular formula is C12H13BrFN3O. The van der Waals surface area contributed by atoms with Crippen LogP contribution in [0.4, 0.5) is 4.39 Å². The molecule has 1 unspecified atom stereocenters. The number of nitrogens with zero attached hydrogens (tertiary/aromatic N) is 2. The number of aromatic nitrogens is 2. The highest BCUT2D eigenvalue weighted by molar-refractivity contribution is 9.10. The molecule has 18 heavy (non-hydrogen) atoms. The van der Waals surface area contributed by atoms with Crippen molar-refractivity contribution in [1.82, 2.24) is 15.5 Å². The van der Waals surface area contributed by atoms with Crippen LogP contribution >= 0.6 is 15.9 Å². The third kappa shape index (κ3) is 2.76. The van der Waals surface area contributed by atoms with Gasteiger partial charge in [-0.25, -0.2) is 4.39 Å². The minimum atomic E-state index is -0.355. The summed E-state index contributed by atoms with van der Waals surface area (Å²) in [5.74, 6) is 0.461. The molecule has 0 radical (unpaired) electrons. The molecule has 96 valence electrons. The quantitative estimate of drug-likeness (QED) is 0.941. The number of rotatable bonds is 4. The van der Waals surface area contributed by atoms with Gasteiger partial charge in [0.25, 0.3) is 0 Å². The van der Waals surface area contributed by atoms with Crippen LogP contribution in [-0.4, -0.2) is 16.7 Å². The molecule has 4 nitrogen and oxygen atoms in total. The number of halogens is 2. The van der Waals surface area contributed by atoms with E-state index in [2.05, 4.69) is 31.4 Å². The van der Waals surface area contributed by atoms with Crippen molar-refractivity contribution in [3.8, 4) is 11.5 Å². The van der Waals surface area contributed by atoms with E-state index in [9.17, 15) is 4.39 Å². The van der Waals surface area contributed by atoms with Gasteiger partial charge in [-0.2, -0.15) is 0 Å². The van der Waals surface area contributed by atoms with E-state index in [0.717, 1.165) is 6.54 Å². The fourth-order valence-corrected chi connectivity index (χ4v) is 1.80. The molecule has 0 saturated carbocycles. The first kappa shape index (κ1) is 13.2. The molecule has 0 aliphatic carbocycles. The van der Waals surface area contributed by atoms with Crippen molar-refractivity contribution in [3.05, 3.63) is 34.4 Å². The SMILES string of the molecule is CCNC(C)c1nnc(-c2ccc(Br)c(F)c2)o1. The third-order valence-corrected chi connectivity index (χ3v) is 3.13. The Morgan fingerprint density at radius 2 is 2.22 bits per heavy atom. The summed E-state index contributed by atoms with van der Waals surface area (Å²) in [5.41, 5.74) is 0.568. The Bertz CT molecular complexity index is 544. The van der Waals surface area contributed by atoms with Crippen molar-refractivity contribution in [1.29, 1.82) is 0 Å². The lowest BCUT2D eigenvalue weighted by Gasteiger charge is -2.05. The highest BCUT2D eigenvalue weighted by Gasteiger charge is 2.14. The normalized spacial score (nSPS) is 12.7. The van der Waals surface area contributed by atoms with Gasteiger partial charge in [0, 0.05) is 5.56 Å². The van der Waals surface area contributed by atoms with E-state index < -0.39 is 0 Å². The second-order valence-corrected chi connectivity index (χ2v) is 4.71. The monoisotopic (exact) mass is 313 g/mol. The zero-order chi connectivity index (χ0) is 13.1. The minimum absolute atomic E-state index is 0.0171. The van der Waals surface area contributed by atoms with Crippen molar-refractivity contribution in [2.75, 3.05) is 6.54 Å². The molecule has 1 aromatic carbocycles. The predicted molar refractivity (Wildman–Crippen MR) is 69.5 cm³/mol. The fraction of sp³-hybridized carbons (Fsp3) is 0.333. The predicted octanol–water partition coefficient (Wildman–Crippen LogP) is 3.31. The highest BCUT2D eigenvalue weighted by atomic mass is 79.9. The topological polar surface area (TPSA) is 51.0 Å². The van der Waals surface area contributed by atoms with Gasteiger partial charge >= 0.3 is 0 Å². The standard InChI is InChI=1S/C12H13BrFN3O/c1-3-15-7(2)11-16-17-12(18-11)8-4-5-9(13)10(14)6-8/h4-7,15H,3H2,1-2H3. The second-order valence-electron chi connectivity index (χ2n) is 3.85. The summed E-state index contributed by atoms with van der Waals surface area (Å²) >= 11 is 3.10. The smallest absolute Gasteiger partial charge is 0.247 e. The molecule has 0 aliphatic rings. The van der Waals surface area contributed by atoms with Crippen LogP contribution in [0, 0.1) is 5.82 Å². The maximum atomic E-state index is 13.4. The molecule has 0 aliphatic heterocycles. The first-order valence-electron chi connectivity index (χ1n) is 5.64. The van der Waals surface area contributed by atoms with Crippen molar-refractivity contribution >= 4 is 15.9 Å². The van der Waals surface area contributed by atoms with Crippen molar-refractivity contribution in [2.24, 2.45) is 0 Å². The van der Waals surface area contributed by atoms with Crippen LogP contribution in [-0.2, 0) is 0 Å². The van der Waals surface area contributed by atoms with Gasteiger partial charge in [0.15, 0.2) is 0 Å². The second kappa shape index (κ2) is 5.58. The lowest BCUT2D eigenvalue weighted by molar-refractivity contribution is 0.428. The van der Waals surface area contributed by atoms with Crippen molar-refractivity contribution < 1.29 is 8.81 Å². The summed E-state index contributed by atoms with van der Waals surface area (Å²) in [5, 5.41) is 11.0. The van der Waals surface area contributed by atoms with Crippen molar-refractivity contribution in [3.63, 3.8) is 0 Å². The Morgan fingerprint density at radius 3 is 2.89 bits per heavy atom. The molecule has 0 bridgehead atoms. The molecule has 0 amide bonds. The Labute approximate surface area is 113 Å². The van der Waals surface area contributed by atoms with Gasteiger partial charge in [-0.15, -0.1) is 10.2 Å². The summed E-state index contributed by atoms with van der Waals surface area (Å²) in [4.78, 5) is 0. The lowest BCUT2D eigenvalue weighted by Crippen LogP contribution is -2.17. The Hall–Kier alpha value is -1.27. The van der Waals surface area contributed by atoms with Gasteiger partial charge in [0.2, 0.25) is 11.8 Å². The van der Waals surface area contributed by atoms with Crippen molar-refractivity contribution in [2.45, 2.75) is 19.9 Å². The summed E-state index contributed by atoms with van der Waals surface area (Å²) in [6, 6.07) is 4.68. The summed E-state index contributed by atoms with van der Waals surface area (Å²) in [7, 11) is 0. The molecule has 1 aromatic heterocycles. The molecule has 0 spiro atoms. The van der Waals surface area contributed by atoms with Gasteiger partial charge < -0.3 is 9.73 Å². The molecule has 0 fully saturated rings. The Morgan fingerprint density at radius 1 is 1.44 bits per heavy atom. The van der Waals surface area contributed by atoms with E-state index in [4.69, 9.17) is 4.42 Å². The van der Waals surface area contributed by atoms with Gasteiger partial charge in [0.1, 0.15) is 5.82 Å². The molecule has 2 aromatic rings. The minimum Gasteiger partial charge on any atom is -0.419 e. The lowest BCUT2D eigenvalue weighted by atomic mass is 10.2. The van der Waals surface area contributed by atoms with E-state index in [1.54, 1.807) is 12.1 Å². The fourth-order valence-electron chi connectivity index (χ4n) is 1.55. The van der Waals surface area contributed by atoms with Crippen LogP contribution in [0.15, 0.2) is 27.1 Å². The van der Waals surface area contributed by atoms with Crippen LogP contribution in [0.3, 0.4) is 0 Å². The van der Waals surface area contributed by atoms with E-state index in [1.165, 1.54) is 6.07 Å². The average Bonchev–Trinajstić information content (AvgIpc) is 2.82. The molecule has 0 saturated heterocycles. The van der Waals surface area contributed by atoms with Crippen LogP contribution < -0.4 is 5.32 Å². The van der Waals surface area contributed by atoms with Gasteiger partial charge in [0.05, 0.1) is 10.5 Å². The van der Waals surface area contributed by atoms with Crippen LogP contribution in [0.5, 0.6) is 0 Å². The first-order valence-corrected chi connectivity index (χ1v) is 6.43. The van der Waals surface area contributed by atoms with E-state index in [-0.39, 0.29) is 11.9 Å². The highest BCUT2D eigenvalue weighted by Crippen LogP contribution is 2.24. The third-order valence-electron chi connectivity index (χ3n) is 2.49. The van der Waals surface area contributed by atoms with E-state index in [0.29, 0.717) is 21.8 Å². The van der Waals surface area contributed by atoms with Crippen LogP contribution in [0.2, 0.25) is 0 Å². The molecule has 1 atom stereocenters. The molecular weight excluding hydrogens is 301 g/mol. The van der Waals surface area contributed by atoms with Crippen LogP contribution in [0.25, 0.3) is 11.5 Å². The molecule has 2 rings (SSSR count). The molecule has 1 heterocycles. The zero-order valence-electron chi connectivity index (χ0n) is 10.1. The maximum Gasteiger partial charge on any atom is 0.247 e. The zero-order valence-corrected chi connectivity index (χ0v) is 11.7. The molecule has 1 N–H and O–H groups in total. The maximum absolute atomic E-state index is 13.4. The number of nitrogens with one attached hydrogen (secondary N) is 1. The van der Waals surface area contributed by atoms with E-state index in [1.807, 2.05) is 13.8 Å².